The molecule has 1 heterocycles. The summed E-state index contributed by atoms with van der Waals surface area (Å²) in [5.41, 5.74) is 8.89. The Morgan fingerprint density at radius 2 is 1.95 bits per heavy atom. The summed E-state index contributed by atoms with van der Waals surface area (Å²) in [6.45, 7) is 0. The molecule has 102 valence electrons. The molecule has 0 radical (unpaired) electrons. The number of hydrogen-bond donors (Lipinski definition) is 1. The van der Waals surface area contributed by atoms with E-state index in [9.17, 15) is 0 Å². The van der Waals surface area contributed by atoms with Crippen LogP contribution in [0, 0.1) is 0 Å². The van der Waals surface area contributed by atoms with Gasteiger partial charge in [0.25, 0.3) is 0 Å². The van der Waals surface area contributed by atoms with Crippen LogP contribution in [0.1, 0.15) is 0 Å². The van der Waals surface area contributed by atoms with Crippen molar-refractivity contribution in [2.75, 3.05) is 24.7 Å². The molecular weight excluding hydrogens is 254 g/mol. The molecule has 2 aromatic carbocycles. The smallest absolute Gasteiger partial charge is 0.400 e. The molecule has 3 rings (SSSR count). The molecule has 2 N–H and O–H groups in total. The number of aromatic nitrogens is 1. The standard InChI is InChI=1S/C15H15N3O2/c1-18(2)10-7-8-11(16)14(9-10)20-15-17-12-5-3-4-6-13(12)19-15/h3-9H,16H2,1-2H3. The van der Waals surface area contributed by atoms with Crippen LogP contribution in [0.15, 0.2) is 46.9 Å². The fourth-order valence-electron chi connectivity index (χ4n) is 1.88. The average Bonchev–Trinajstić information content (AvgIpc) is 2.83. The van der Waals surface area contributed by atoms with Crippen LogP contribution in [0.5, 0.6) is 11.8 Å². The van der Waals surface area contributed by atoms with E-state index >= 15 is 0 Å². The Balaban J connectivity index is 1.95. The van der Waals surface area contributed by atoms with Gasteiger partial charge in [-0.1, -0.05) is 12.1 Å². The quantitative estimate of drug-likeness (QED) is 0.739. The zero-order valence-corrected chi connectivity index (χ0v) is 11.3. The van der Waals surface area contributed by atoms with E-state index < -0.39 is 0 Å². The second-order valence-electron chi connectivity index (χ2n) is 4.67. The van der Waals surface area contributed by atoms with E-state index in [4.69, 9.17) is 14.9 Å². The van der Waals surface area contributed by atoms with E-state index in [0.29, 0.717) is 17.0 Å². The molecular formula is C15H15N3O2. The molecule has 0 aliphatic heterocycles. The summed E-state index contributed by atoms with van der Waals surface area (Å²) < 4.78 is 11.2. The van der Waals surface area contributed by atoms with Gasteiger partial charge in [-0.15, -0.1) is 0 Å². The summed E-state index contributed by atoms with van der Waals surface area (Å²) in [5.74, 6) is 0.530. The maximum atomic E-state index is 5.92. The molecule has 0 saturated carbocycles. The molecule has 0 atom stereocenters. The molecule has 0 bridgehead atoms. The lowest BCUT2D eigenvalue weighted by atomic mass is 10.2. The number of fused-ring (bicyclic) bond motifs is 1. The van der Waals surface area contributed by atoms with Crippen LogP contribution in [0.2, 0.25) is 0 Å². The first-order valence-electron chi connectivity index (χ1n) is 6.24. The van der Waals surface area contributed by atoms with Gasteiger partial charge in [-0.2, -0.15) is 4.98 Å². The number of anilines is 2. The number of para-hydroxylation sites is 2. The van der Waals surface area contributed by atoms with E-state index in [-0.39, 0.29) is 6.08 Å². The van der Waals surface area contributed by atoms with Gasteiger partial charge in [0.15, 0.2) is 11.3 Å². The van der Waals surface area contributed by atoms with E-state index in [0.717, 1.165) is 11.2 Å². The maximum Gasteiger partial charge on any atom is 0.400 e. The molecule has 0 spiro atoms. The molecule has 0 amide bonds. The third-order valence-electron chi connectivity index (χ3n) is 2.99. The molecule has 0 aliphatic carbocycles. The minimum atomic E-state index is 0.189. The number of oxazole rings is 1. The van der Waals surface area contributed by atoms with E-state index in [2.05, 4.69) is 4.98 Å². The molecule has 0 fully saturated rings. The maximum absolute atomic E-state index is 5.92. The summed E-state index contributed by atoms with van der Waals surface area (Å²) in [6.07, 6.45) is 0.189. The van der Waals surface area contributed by atoms with Crippen molar-refractivity contribution in [2.24, 2.45) is 0 Å². The van der Waals surface area contributed by atoms with Crippen LogP contribution in [-0.4, -0.2) is 19.1 Å². The van der Waals surface area contributed by atoms with Gasteiger partial charge in [-0.3, -0.25) is 0 Å². The Labute approximate surface area is 116 Å². The molecule has 5 nitrogen and oxygen atoms in total. The largest absolute Gasteiger partial charge is 0.409 e. The summed E-state index contributed by atoms with van der Waals surface area (Å²) in [7, 11) is 3.91. The van der Waals surface area contributed by atoms with Crippen LogP contribution in [0.3, 0.4) is 0 Å². The van der Waals surface area contributed by atoms with Crippen LogP contribution >= 0.6 is 0 Å². The van der Waals surface area contributed by atoms with Crippen LogP contribution < -0.4 is 15.4 Å². The summed E-state index contributed by atoms with van der Waals surface area (Å²) in [5, 5.41) is 0. The number of rotatable bonds is 3. The fourth-order valence-corrected chi connectivity index (χ4v) is 1.88. The zero-order valence-electron chi connectivity index (χ0n) is 11.3. The average molecular weight is 269 g/mol. The van der Waals surface area contributed by atoms with Crippen molar-refractivity contribution in [3.8, 4) is 11.8 Å². The van der Waals surface area contributed by atoms with Crippen molar-refractivity contribution in [3.63, 3.8) is 0 Å². The highest BCUT2D eigenvalue weighted by atomic mass is 16.6. The highest BCUT2D eigenvalue weighted by molar-refractivity contribution is 5.73. The number of nitrogens with zero attached hydrogens (tertiary/aromatic N) is 2. The molecule has 20 heavy (non-hydrogen) atoms. The molecule has 3 aromatic rings. The Kier molecular flexibility index (Phi) is 2.95. The first kappa shape index (κ1) is 12.3. The second kappa shape index (κ2) is 4.77. The Hall–Kier alpha value is -2.69. The summed E-state index contributed by atoms with van der Waals surface area (Å²) in [6, 6.07) is 13.1. The monoisotopic (exact) mass is 269 g/mol. The Bertz CT molecular complexity index is 717. The molecule has 0 saturated heterocycles. The topological polar surface area (TPSA) is 64.5 Å². The van der Waals surface area contributed by atoms with Gasteiger partial charge in [-0.05, 0) is 24.3 Å². The highest BCUT2D eigenvalue weighted by Gasteiger charge is 2.10. The molecule has 5 heteroatoms. The van der Waals surface area contributed by atoms with Crippen molar-refractivity contribution in [1.29, 1.82) is 0 Å². The SMILES string of the molecule is CN(C)c1ccc(N)c(Oc2nc3ccccc3o2)c1. The number of nitrogens with two attached hydrogens (primary N) is 1. The molecule has 1 aromatic heterocycles. The van der Waals surface area contributed by atoms with Crippen LogP contribution in [0.25, 0.3) is 11.1 Å². The van der Waals surface area contributed by atoms with Crippen LogP contribution in [-0.2, 0) is 0 Å². The highest BCUT2D eigenvalue weighted by Crippen LogP contribution is 2.32. The number of benzene rings is 2. The van der Waals surface area contributed by atoms with Gasteiger partial charge in [0.05, 0.1) is 5.69 Å². The van der Waals surface area contributed by atoms with E-state index in [1.165, 1.54) is 0 Å². The third-order valence-corrected chi connectivity index (χ3v) is 2.99. The minimum Gasteiger partial charge on any atom is -0.409 e. The van der Waals surface area contributed by atoms with Gasteiger partial charge in [-0.25, -0.2) is 0 Å². The second-order valence-corrected chi connectivity index (χ2v) is 4.67. The first-order chi connectivity index (χ1) is 9.63. The van der Waals surface area contributed by atoms with Crippen molar-refractivity contribution in [3.05, 3.63) is 42.5 Å². The molecule has 0 unspecified atom stereocenters. The van der Waals surface area contributed by atoms with E-state index in [1.807, 2.05) is 55.4 Å². The van der Waals surface area contributed by atoms with Gasteiger partial charge in [0.2, 0.25) is 0 Å². The van der Waals surface area contributed by atoms with Crippen molar-refractivity contribution < 1.29 is 9.15 Å². The Morgan fingerprint density at radius 3 is 2.70 bits per heavy atom. The predicted molar refractivity (Wildman–Crippen MR) is 79.3 cm³/mol. The lowest BCUT2D eigenvalue weighted by molar-refractivity contribution is 0.344. The number of hydrogen-bond acceptors (Lipinski definition) is 5. The van der Waals surface area contributed by atoms with Gasteiger partial charge >= 0.3 is 6.08 Å². The van der Waals surface area contributed by atoms with Crippen molar-refractivity contribution in [1.82, 2.24) is 4.98 Å². The number of nitrogen functional groups attached to an aromatic ring is 1. The minimum absolute atomic E-state index is 0.189. The lowest BCUT2D eigenvalue weighted by Crippen LogP contribution is -2.08. The van der Waals surface area contributed by atoms with Gasteiger partial charge in [0.1, 0.15) is 5.52 Å². The third kappa shape index (κ3) is 2.25. The van der Waals surface area contributed by atoms with E-state index in [1.54, 1.807) is 6.07 Å². The Morgan fingerprint density at radius 1 is 1.15 bits per heavy atom. The van der Waals surface area contributed by atoms with Gasteiger partial charge in [0, 0.05) is 25.8 Å². The van der Waals surface area contributed by atoms with Crippen molar-refractivity contribution >= 4 is 22.5 Å². The molecule has 0 aliphatic rings. The zero-order chi connectivity index (χ0) is 14.1. The van der Waals surface area contributed by atoms with Crippen LogP contribution in [0.4, 0.5) is 11.4 Å². The number of ether oxygens (including phenoxy) is 1. The summed E-state index contributed by atoms with van der Waals surface area (Å²) >= 11 is 0. The predicted octanol–water partition coefficient (Wildman–Crippen LogP) is 3.27. The van der Waals surface area contributed by atoms with Crippen molar-refractivity contribution in [2.45, 2.75) is 0 Å². The first-order valence-corrected chi connectivity index (χ1v) is 6.24. The summed E-state index contributed by atoms with van der Waals surface area (Å²) in [4.78, 5) is 6.24. The fraction of sp³-hybridized carbons (Fsp3) is 0.133. The lowest BCUT2D eigenvalue weighted by Gasteiger charge is -2.14. The normalized spacial score (nSPS) is 10.7. The van der Waals surface area contributed by atoms with Gasteiger partial charge < -0.3 is 19.8 Å².